The average molecular weight is 340 g/mol. The van der Waals surface area contributed by atoms with Crippen molar-refractivity contribution in [1.82, 2.24) is 15.1 Å². The smallest absolute Gasteiger partial charge is 0.244 e. The molecule has 1 atom stereocenters. The third-order valence-corrected chi connectivity index (χ3v) is 5.02. The summed E-state index contributed by atoms with van der Waals surface area (Å²) < 4.78 is 14.5. The summed E-state index contributed by atoms with van der Waals surface area (Å²) in [5, 5.41) is 3.61. The van der Waals surface area contributed by atoms with E-state index in [9.17, 15) is 9.18 Å². The molecular formula is C17H23ClFN3O. The molecule has 0 aromatic heterocycles. The highest BCUT2D eigenvalue weighted by Crippen LogP contribution is 2.32. The topological polar surface area (TPSA) is 35.6 Å². The van der Waals surface area contributed by atoms with Crippen LogP contribution < -0.4 is 5.32 Å². The molecule has 0 spiro atoms. The van der Waals surface area contributed by atoms with E-state index in [4.69, 9.17) is 11.6 Å². The largest absolute Gasteiger partial charge is 0.341 e. The molecule has 2 fully saturated rings. The third-order valence-electron chi connectivity index (χ3n) is 4.69. The van der Waals surface area contributed by atoms with E-state index in [-0.39, 0.29) is 5.91 Å². The number of piperidine rings is 1. The number of hydrogen-bond acceptors (Lipinski definition) is 3. The van der Waals surface area contributed by atoms with Crippen molar-refractivity contribution in [2.75, 3.05) is 39.3 Å². The van der Waals surface area contributed by atoms with Crippen molar-refractivity contribution in [3.8, 4) is 0 Å². The van der Waals surface area contributed by atoms with Gasteiger partial charge in [-0.05, 0) is 31.4 Å². The number of carbonyl (C=O) groups excluding carboxylic acids is 1. The Kier molecular flexibility index (Phi) is 5.51. The second-order valence-corrected chi connectivity index (χ2v) is 6.62. The summed E-state index contributed by atoms with van der Waals surface area (Å²) in [6.07, 6.45) is 3.19. The molecule has 126 valence electrons. The van der Waals surface area contributed by atoms with Crippen LogP contribution in [0.3, 0.4) is 0 Å². The predicted molar refractivity (Wildman–Crippen MR) is 89.0 cm³/mol. The maximum atomic E-state index is 14.5. The Hall–Kier alpha value is -1.17. The molecule has 2 aliphatic rings. The van der Waals surface area contributed by atoms with E-state index in [2.05, 4.69) is 10.2 Å². The molecule has 6 heteroatoms. The Labute approximate surface area is 141 Å². The monoisotopic (exact) mass is 339 g/mol. The highest BCUT2D eigenvalue weighted by Gasteiger charge is 2.35. The summed E-state index contributed by atoms with van der Waals surface area (Å²) in [7, 11) is 0. The molecular weight excluding hydrogens is 317 g/mol. The zero-order valence-corrected chi connectivity index (χ0v) is 14.0. The van der Waals surface area contributed by atoms with Gasteiger partial charge in [0.05, 0.1) is 0 Å². The highest BCUT2D eigenvalue weighted by atomic mass is 35.5. The zero-order valence-electron chi connectivity index (χ0n) is 13.2. The molecule has 2 heterocycles. The molecule has 0 aliphatic carbocycles. The van der Waals surface area contributed by atoms with Crippen LogP contribution in [-0.4, -0.2) is 55.0 Å². The third kappa shape index (κ3) is 3.67. The van der Waals surface area contributed by atoms with E-state index >= 15 is 0 Å². The quantitative estimate of drug-likeness (QED) is 0.918. The molecule has 0 saturated carbocycles. The van der Waals surface area contributed by atoms with E-state index < -0.39 is 11.9 Å². The van der Waals surface area contributed by atoms with Gasteiger partial charge >= 0.3 is 0 Å². The number of hydrogen-bond donors (Lipinski definition) is 1. The lowest BCUT2D eigenvalue weighted by molar-refractivity contribution is -0.138. The summed E-state index contributed by atoms with van der Waals surface area (Å²) in [6, 6.07) is 4.02. The highest BCUT2D eigenvalue weighted by molar-refractivity contribution is 6.31. The van der Waals surface area contributed by atoms with Gasteiger partial charge in [-0.2, -0.15) is 0 Å². The Morgan fingerprint density at radius 1 is 1.13 bits per heavy atom. The van der Waals surface area contributed by atoms with Crippen LogP contribution in [0, 0.1) is 5.82 Å². The molecule has 0 bridgehead atoms. The number of nitrogens with one attached hydrogen (secondary N) is 1. The summed E-state index contributed by atoms with van der Waals surface area (Å²) in [4.78, 5) is 17.1. The second kappa shape index (κ2) is 7.60. The van der Waals surface area contributed by atoms with Gasteiger partial charge in [-0.3, -0.25) is 9.69 Å². The Bertz CT molecular complexity index is 537. The zero-order chi connectivity index (χ0) is 16.2. The van der Waals surface area contributed by atoms with Crippen molar-refractivity contribution in [1.29, 1.82) is 0 Å². The van der Waals surface area contributed by atoms with Crippen molar-refractivity contribution in [2.45, 2.75) is 25.3 Å². The van der Waals surface area contributed by atoms with Crippen molar-refractivity contribution in [2.24, 2.45) is 0 Å². The number of halogens is 2. The molecule has 23 heavy (non-hydrogen) atoms. The van der Waals surface area contributed by atoms with Gasteiger partial charge in [-0.1, -0.05) is 17.7 Å². The van der Waals surface area contributed by atoms with Crippen molar-refractivity contribution in [3.63, 3.8) is 0 Å². The van der Waals surface area contributed by atoms with Gasteiger partial charge in [0.2, 0.25) is 5.91 Å². The van der Waals surface area contributed by atoms with Crippen LogP contribution in [0.25, 0.3) is 0 Å². The Morgan fingerprint density at radius 3 is 2.48 bits per heavy atom. The number of amides is 1. The molecule has 4 nitrogen and oxygen atoms in total. The number of rotatable bonds is 3. The fourth-order valence-electron chi connectivity index (χ4n) is 3.46. The predicted octanol–water partition coefficient (Wildman–Crippen LogP) is 2.44. The molecule has 1 unspecified atom stereocenters. The lowest BCUT2D eigenvalue weighted by atomic mass is 10.0. The number of carbonyl (C=O) groups is 1. The summed E-state index contributed by atoms with van der Waals surface area (Å²) >= 11 is 6.27. The number of piperazine rings is 1. The van der Waals surface area contributed by atoms with Gasteiger partial charge in [0, 0.05) is 49.9 Å². The SMILES string of the molecule is O=C(C(c1c(F)cccc1Cl)N1CCNCC1)N1CCCCC1. The van der Waals surface area contributed by atoms with Gasteiger partial charge in [0.1, 0.15) is 11.9 Å². The Balaban J connectivity index is 1.94. The summed E-state index contributed by atoms with van der Waals surface area (Å²) in [5.74, 6) is -0.412. The fraction of sp³-hybridized carbons (Fsp3) is 0.588. The van der Waals surface area contributed by atoms with Crippen LogP contribution in [0.4, 0.5) is 4.39 Å². The number of benzene rings is 1. The summed E-state index contributed by atoms with van der Waals surface area (Å²) in [6.45, 7) is 4.55. The van der Waals surface area contributed by atoms with E-state index in [0.29, 0.717) is 10.6 Å². The van der Waals surface area contributed by atoms with Crippen LogP contribution in [-0.2, 0) is 4.79 Å². The first-order valence-electron chi connectivity index (χ1n) is 8.36. The lowest BCUT2D eigenvalue weighted by Crippen LogP contribution is -2.51. The van der Waals surface area contributed by atoms with Crippen LogP contribution in [0.1, 0.15) is 30.9 Å². The lowest BCUT2D eigenvalue weighted by Gasteiger charge is -2.38. The molecule has 1 aromatic rings. The molecule has 3 rings (SSSR count). The van der Waals surface area contributed by atoms with Gasteiger partial charge < -0.3 is 10.2 Å². The van der Waals surface area contributed by atoms with Crippen LogP contribution in [0.2, 0.25) is 5.02 Å². The maximum absolute atomic E-state index is 14.5. The first kappa shape index (κ1) is 16.7. The molecule has 1 N–H and O–H groups in total. The van der Waals surface area contributed by atoms with Gasteiger partial charge in [-0.25, -0.2) is 4.39 Å². The van der Waals surface area contributed by atoms with Crippen molar-refractivity contribution in [3.05, 3.63) is 34.6 Å². The van der Waals surface area contributed by atoms with Crippen LogP contribution in [0.15, 0.2) is 18.2 Å². The molecule has 2 aliphatic heterocycles. The van der Waals surface area contributed by atoms with Gasteiger partial charge in [-0.15, -0.1) is 0 Å². The van der Waals surface area contributed by atoms with Gasteiger partial charge in [0.25, 0.3) is 0 Å². The standard InChI is InChI=1S/C17H23ClFN3O/c18-13-5-4-6-14(19)15(13)16(21-11-7-20-8-12-21)17(23)22-9-2-1-3-10-22/h4-6,16,20H,1-3,7-12H2. The minimum Gasteiger partial charge on any atom is -0.341 e. The minimum absolute atomic E-state index is 0.0152. The van der Waals surface area contributed by atoms with E-state index in [1.807, 2.05) is 4.90 Å². The van der Waals surface area contributed by atoms with E-state index in [0.717, 1.165) is 58.5 Å². The second-order valence-electron chi connectivity index (χ2n) is 6.21. The van der Waals surface area contributed by atoms with Crippen molar-refractivity contribution >= 4 is 17.5 Å². The number of nitrogens with zero attached hydrogens (tertiary/aromatic N) is 2. The molecule has 1 aromatic carbocycles. The Morgan fingerprint density at radius 2 is 1.83 bits per heavy atom. The number of likely N-dealkylation sites (tertiary alicyclic amines) is 1. The molecule has 0 radical (unpaired) electrons. The fourth-order valence-corrected chi connectivity index (χ4v) is 3.73. The maximum Gasteiger partial charge on any atom is 0.244 e. The minimum atomic E-state index is -0.621. The van der Waals surface area contributed by atoms with Crippen LogP contribution >= 0.6 is 11.6 Å². The van der Waals surface area contributed by atoms with Gasteiger partial charge in [0.15, 0.2) is 0 Å². The normalized spacial score (nSPS) is 21.2. The van der Waals surface area contributed by atoms with E-state index in [1.165, 1.54) is 6.07 Å². The first-order valence-corrected chi connectivity index (χ1v) is 8.74. The molecule has 1 amide bonds. The van der Waals surface area contributed by atoms with E-state index in [1.54, 1.807) is 12.1 Å². The summed E-state index contributed by atoms with van der Waals surface area (Å²) in [5.41, 5.74) is 0.326. The van der Waals surface area contributed by atoms with Crippen LogP contribution in [0.5, 0.6) is 0 Å². The van der Waals surface area contributed by atoms with Crippen molar-refractivity contribution < 1.29 is 9.18 Å². The average Bonchev–Trinajstić information content (AvgIpc) is 2.59. The molecule has 2 saturated heterocycles. The first-order chi connectivity index (χ1) is 11.2.